The highest BCUT2D eigenvalue weighted by atomic mass is 32.2. The van der Waals surface area contributed by atoms with Crippen LogP contribution >= 0.6 is 0 Å². The van der Waals surface area contributed by atoms with Crippen LogP contribution in [0.2, 0.25) is 0 Å². The Bertz CT molecular complexity index is 3400. The second-order valence-corrected chi connectivity index (χ2v) is 22.8. The summed E-state index contributed by atoms with van der Waals surface area (Å²) >= 11 is 0. The van der Waals surface area contributed by atoms with Gasteiger partial charge in [0.2, 0.25) is 0 Å². The number of aryl methyl sites for hydroxylation is 3. The molecule has 69 heavy (non-hydrogen) atoms. The predicted octanol–water partition coefficient (Wildman–Crippen LogP) is 6.73. The highest BCUT2D eigenvalue weighted by Gasteiger charge is 2.63. The molecule has 16 nitrogen and oxygen atoms in total. The van der Waals surface area contributed by atoms with Gasteiger partial charge in [-0.1, -0.05) is 13.0 Å². The maximum atomic E-state index is 16.3. The van der Waals surface area contributed by atoms with E-state index in [4.69, 9.17) is 20.3 Å². The van der Waals surface area contributed by atoms with Gasteiger partial charge in [0.1, 0.15) is 11.6 Å². The molecule has 4 aliphatic rings. The van der Waals surface area contributed by atoms with Gasteiger partial charge in [0.25, 0.3) is 10.0 Å². The van der Waals surface area contributed by atoms with E-state index < -0.39 is 50.7 Å². The van der Waals surface area contributed by atoms with Gasteiger partial charge in [-0.25, -0.2) is 26.7 Å². The molecule has 11 rings (SSSR count). The lowest BCUT2D eigenvalue weighted by molar-refractivity contribution is -0.0592. The molecule has 0 radical (unpaired) electrons. The average molecular weight is 965 g/mol. The average Bonchev–Trinajstić information content (AvgIpc) is 3.75. The first kappa shape index (κ1) is 45.9. The zero-order valence-electron chi connectivity index (χ0n) is 40.0. The van der Waals surface area contributed by atoms with E-state index in [9.17, 15) is 10.0 Å². The van der Waals surface area contributed by atoms with E-state index >= 15 is 17.2 Å². The van der Waals surface area contributed by atoms with E-state index in [0.29, 0.717) is 52.1 Å². The molecule has 0 amide bonds. The van der Waals surface area contributed by atoms with Gasteiger partial charge in [-0.2, -0.15) is 20.0 Å². The summed E-state index contributed by atoms with van der Waals surface area (Å²) in [4.78, 5) is 14.9. The SMILES string of the molecule is Cc1cc(-n2nc3c(c2-n2ccn(-c4ccc5c(cnn5C)c4F)c2=O)[C@@H]2COC[C@H](C3)N2S(=O)(=O)c2cc3cc([C@H]4CCOC(C)(C)C4)ccc3n2[C@@]2(C(N)C(C)(C)NO)C[C@@H]2C)cc(C)c1F. The second-order valence-electron chi connectivity index (χ2n) is 21.0. The summed E-state index contributed by atoms with van der Waals surface area (Å²) in [6, 6.07) is 12.0. The number of hydrogen-bond acceptors (Lipinski definition) is 10. The van der Waals surface area contributed by atoms with Crippen LogP contribution in [0.4, 0.5) is 8.78 Å². The molecule has 4 aromatic heterocycles. The Morgan fingerprint density at radius 3 is 2.39 bits per heavy atom. The molecule has 1 unspecified atom stereocenters. The quantitative estimate of drug-likeness (QED) is 0.124. The zero-order valence-corrected chi connectivity index (χ0v) is 40.8. The summed E-state index contributed by atoms with van der Waals surface area (Å²) in [5.74, 6) is -0.678. The van der Waals surface area contributed by atoms with Crippen molar-refractivity contribution in [2.24, 2.45) is 18.7 Å². The Hall–Kier alpha value is -5.54. The molecule has 364 valence electrons. The topological polar surface area (TPSA) is 182 Å². The summed E-state index contributed by atoms with van der Waals surface area (Å²) < 4.78 is 85.3. The molecular formula is C50H58F2N10O6S. The fourth-order valence-corrected chi connectivity index (χ4v) is 13.9. The van der Waals surface area contributed by atoms with Gasteiger partial charge >= 0.3 is 5.69 Å². The fraction of sp³-hybridized carbons (Fsp3) is 0.460. The van der Waals surface area contributed by atoms with Gasteiger partial charge in [-0.15, -0.1) is 0 Å². The van der Waals surface area contributed by atoms with Crippen molar-refractivity contribution >= 4 is 31.8 Å². The number of nitrogens with zero attached hydrogens (tertiary/aromatic N) is 8. The van der Waals surface area contributed by atoms with Crippen molar-refractivity contribution in [1.82, 2.24) is 43.0 Å². The molecule has 3 aromatic carbocycles. The number of benzene rings is 3. The number of morpholine rings is 1. The smallest absolute Gasteiger partial charge is 0.338 e. The minimum atomic E-state index is -4.49. The standard InChI is InChI=1S/C50H58F2N10O6S/c1-27-17-33(18-28(2)43(27)51)61-45(59-15-14-58(47(59)63)39-12-11-38-35(44(39)52)24-54-57(38)8)42-36(55-61)21-34-25-67-26-40(42)62(34)69(65,66)41-20-32-19-30(31-13-16-68-48(4,5)23-31)9-10-37(32)60(41)50(22-29(50)3)46(53)49(6,7)56-64/h9-12,14-15,17-20,24,29,31,34,40,46,56,64H,13,16,21-23,25-26,53H2,1-8H3/t29-,31-,34-,40-,46?,50-/m0/s1. The third-order valence-corrected chi connectivity index (χ3v) is 17.5. The lowest BCUT2D eigenvalue weighted by Gasteiger charge is -2.44. The molecule has 2 saturated heterocycles. The van der Waals surface area contributed by atoms with Gasteiger partial charge in [-0.05, 0) is 132 Å². The first-order chi connectivity index (χ1) is 32.7. The molecule has 2 bridgehead atoms. The number of rotatable bonds is 10. The van der Waals surface area contributed by atoms with Crippen molar-refractivity contribution in [2.75, 3.05) is 19.8 Å². The Morgan fingerprint density at radius 1 is 0.986 bits per heavy atom. The number of hydrogen-bond donors (Lipinski definition) is 3. The number of nitrogens with two attached hydrogens (primary N) is 1. The van der Waals surface area contributed by atoms with Crippen molar-refractivity contribution in [3.63, 3.8) is 0 Å². The van der Waals surface area contributed by atoms with E-state index in [1.165, 1.54) is 38.1 Å². The second kappa shape index (κ2) is 15.7. The van der Waals surface area contributed by atoms with Gasteiger partial charge in [-0.3, -0.25) is 13.8 Å². The van der Waals surface area contributed by atoms with E-state index in [1.54, 1.807) is 68.4 Å². The minimum absolute atomic E-state index is 0.00421. The molecule has 6 atom stereocenters. The van der Waals surface area contributed by atoms with E-state index in [1.807, 2.05) is 17.6 Å². The van der Waals surface area contributed by atoms with Crippen molar-refractivity contribution < 1.29 is 31.9 Å². The first-order valence-electron chi connectivity index (χ1n) is 23.6. The molecule has 7 aromatic rings. The molecule has 1 aliphatic carbocycles. The highest BCUT2D eigenvalue weighted by molar-refractivity contribution is 7.89. The minimum Gasteiger partial charge on any atom is -0.378 e. The van der Waals surface area contributed by atoms with Crippen molar-refractivity contribution in [3.05, 3.63) is 117 Å². The summed E-state index contributed by atoms with van der Waals surface area (Å²) in [7, 11) is -2.79. The summed E-state index contributed by atoms with van der Waals surface area (Å²) in [6.07, 6.45) is 6.69. The summed E-state index contributed by atoms with van der Waals surface area (Å²) in [6.45, 7) is 13.7. The number of ether oxygens (including phenoxy) is 2. The lowest BCUT2D eigenvalue weighted by Crippen LogP contribution is -2.61. The van der Waals surface area contributed by atoms with Crippen molar-refractivity contribution in [1.29, 1.82) is 0 Å². The van der Waals surface area contributed by atoms with E-state index in [-0.39, 0.29) is 64.8 Å². The van der Waals surface area contributed by atoms with Crippen LogP contribution < -0.4 is 16.9 Å². The molecule has 19 heteroatoms. The van der Waals surface area contributed by atoms with Crippen LogP contribution in [-0.2, 0) is 38.5 Å². The number of fused-ring (bicyclic) bond motifs is 6. The molecule has 3 fully saturated rings. The van der Waals surface area contributed by atoms with Crippen LogP contribution in [0, 0.1) is 31.4 Å². The number of hydroxylamine groups is 1. The Labute approximate surface area is 398 Å². The Morgan fingerprint density at radius 2 is 1.70 bits per heavy atom. The number of imidazole rings is 1. The lowest BCUT2D eigenvalue weighted by atomic mass is 9.83. The van der Waals surface area contributed by atoms with Crippen molar-refractivity contribution in [2.45, 2.75) is 120 Å². The normalized spacial score (nSPS) is 24.3. The van der Waals surface area contributed by atoms with E-state index in [2.05, 4.69) is 36.6 Å². The zero-order chi connectivity index (χ0) is 48.9. The van der Waals surface area contributed by atoms with Gasteiger partial charge in [0.05, 0.1) is 76.1 Å². The maximum Gasteiger partial charge on any atom is 0.338 e. The molecule has 1 saturated carbocycles. The van der Waals surface area contributed by atoms with Gasteiger partial charge in [0, 0.05) is 55.0 Å². The third kappa shape index (κ3) is 6.86. The number of sulfonamides is 1. The number of aromatic nitrogens is 7. The van der Waals surface area contributed by atoms with Crippen LogP contribution in [-0.4, -0.2) is 94.2 Å². The van der Waals surface area contributed by atoms with Crippen molar-refractivity contribution in [3.8, 4) is 17.2 Å². The first-order valence-corrected chi connectivity index (χ1v) is 25.0. The largest absolute Gasteiger partial charge is 0.378 e. The summed E-state index contributed by atoms with van der Waals surface area (Å²) in [5.41, 5.74) is 11.2. The van der Waals surface area contributed by atoms with E-state index in [0.717, 1.165) is 23.8 Å². The fourth-order valence-electron chi connectivity index (χ4n) is 11.9. The van der Waals surface area contributed by atoms with Crippen LogP contribution in [0.15, 0.2) is 76.9 Å². The molecular weight excluding hydrogens is 907 g/mol. The molecule has 0 spiro atoms. The van der Waals surface area contributed by atoms with Gasteiger partial charge in [0.15, 0.2) is 10.8 Å². The molecule has 3 aliphatic heterocycles. The predicted molar refractivity (Wildman–Crippen MR) is 255 cm³/mol. The highest BCUT2D eigenvalue weighted by Crippen LogP contribution is 2.57. The van der Waals surface area contributed by atoms with Gasteiger partial charge < -0.3 is 25.0 Å². The van der Waals surface area contributed by atoms with Crippen LogP contribution in [0.1, 0.15) is 93.8 Å². The number of halogens is 2. The summed E-state index contributed by atoms with van der Waals surface area (Å²) in [5, 5.41) is 20.8. The number of nitrogens with one attached hydrogen (secondary N) is 1. The molecule has 4 N–H and O–H groups in total. The van der Waals surface area contributed by atoms with Crippen LogP contribution in [0.25, 0.3) is 39.0 Å². The Kier molecular flexibility index (Phi) is 10.5. The molecule has 7 heterocycles. The third-order valence-electron chi connectivity index (χ3n) is 15.6. The monoisotopic (exact) mass is 964 g/mol. The Balaban J connectivity index is 1.11. The van der Waals surface area contributed by atoms with Crippen LogP contribution in [0.3, 0.4) is 0 Å². The van der Waals surface area contributed by atoms with Crippen LogP contribution in [0.5, 0.6) is 0 Å². The maximum absolute atomic E-state index is 16.3.